The molecule has 0 spiro atoms. The maximum atomic E-state index is 12.3. The van der Waals surface area contributed by atoms with Crippen molar-refractivity contribution in [1.29, 1.82) is 0 Å². The van der Waals surface area contributed by atoms with Gasteiger partial charge in [0.15, 0.2) is 0 Å². The second-order valence-corrected chi connectivity index (χ2v) is 8.22. The van der Waals surface area contributed by atoms with Crippen molar-refractivity contribution >= 4 is 42.3 Å². The van der Waals surface area contributed by atoms with Crippen molar-refractivity contribution in [2.75, 3.05) is 26.2 Å². The van der Waals surface area contributed by atoms with E-state index >= 15 is 0 Å². The highest BCUT2D eigenvalue weighted by molar-refractivity contribution is 6.30. The van der Waals surface area contributed by atoms with Crippen LogP contribution in [0.15, 0.2) is 24.3 Å². The Morgan fingerprint density at radius 2 is 1.96 bits per heavy atom. The van der Waals surface area contributed by atoms with Gasteiger partial charge in [-0.05, 0) is 75.4 Å². The van der Waals surface area contributed by atoms with Crippen LogP contribution in [0.1, 0.15) is 50.5 Å². The molecule has 0 bridgehead atoms. The molecule has 0 aliphatic carbocycles. The highest BCUT2D eigenvalue weighted by Gasteiger charge is 2.23. The average molecular weight is 451 g/mol. The SMILES string of the molecule is Cl.Cl.O=C(CCC1CCNCC1)NCC1CCCCN1Cc1cccc(Cl)c1. The molecule has 2 N–H and O–H groups in total. The summed E-state index contributed by atoms with van der Waals surface area (Å²) in [5.41, 5.74) is 1.25. The van der Waals surface area contributed by atoms with E-state index in [4.69, 9.17) is 11.6 Å². The van der Waals surface area contributed by atoms with Crippen molar-refractivity contribution in [3.63, 3.8) is 0 Å². The van der Waals surface area contributed by atoms with E-state index in [9.17, 15) is 4.79 Å². The number of likely N-dealkylation sites (tertiary alicyclic amines) is 1. The molecular weight excluding hydrogens is 417 g/mol. The number of amides is 1. The maximum absolute atomic E-state index is 12.3. The Balaban J connectivity index is 0.00000196. The second kappa shape index (κ2) is 13.7. The van der Waals surface area contributed by atoms with Gasteiger partial charge in [-0.2, -0.15) is 0 Å². The van der Waals surface area contributed by atoms with Crippen LogP contribution in [-0.4, -0.2) is 43.0 Å². The molecule has 1 amide bonds. The van der Waals surface area contributed by atoms with E-state index < -0.39 is 0 Å². The number of halogens is 3. The first-order valence-corrected chi connectivity index (χ1v) is 10.5. The Kier molecular flexibility index (Phi) is 12.4. The molecule has 2 heterocycles. The fourth-order valence-electron chi connectivity index (χ4n) is 4.19. The van der Waals surface area contributed by atoms with Crippen molar-refractivity contribution in [2.24, 2.45) is 5.92 Å². The van der Waals surface area contributed by atoms with E-state index in [1.54, 1.807) is 0 Å². The van der Waals surface area contributed by atoms with Crippen LogP contribution in [0, 0.1) is 5.92 Å². The van der Waals surface area contributed by atoms with Gasteiger partial charge in [0.2, 0.25) is 5.91 Å². The van der Waals surface area contributed by atoms with Crippen LogP contribution in [0.2, 0.25) is 5.02 Å². The zero-order valence-electron chi connectivity index (χ0n) is 16.5. The summed E-state index contributed by atoms with van der Waals surface area (Å²) in [6, 6.07) is 8.55. The summed E-state index contributed by atoms with van der Waals surface area (Å²) in [7, 11) is 0. The Morgan fingerprint density at radius 1 is 1.18 bits per heavy atom. The molecule has 1 unspecified atom stereocenters. The molecule has 4 nitrogen and oxygen atoms in total. The van der Waals surface area contributed by atoms with Gasteiger partial charge >= 0.3 is 0 Å². The Labute approximate surface area is 187 Å². The van der Waals surface area contributed by atoms with Crippen LogP contribution in [-0.2, 0) is 11.3 Å². The predicted molar refractivity (Wildman–Crippen MR) is 122 cm³/mol. The van der Waals surface area contributed by atoms with Gasteiger partial charge in [-0.3, -0.25) is 9.69 Å². The summed E-state index contributed by atoms with van der Waals surface area (Å²) in [5, 5.41) is 7.37. The minimum absolute atomic E-state index is 0. The molecule has 2 aliphatic rings. The summed E-state index contributed by atoms with van der Waals surface area (Å²) in [6.07, 6.45) is 7.78. The summed E-state index contributed by atoms with van der Waals surface area (Å²) < 4.78 is 0. The first kappa shape index (κ1) is 25.5. The van der Waals surface area contributed by atoms with E-state index in [1.165, 1.54) is 31.2 Å². The molecule has 160 valence electrons. The molecule has 2 aliphatic heterocycles. The first-order valence-electron chi connectivity index (χ1n) is 10.2. The van der Waals surface area contributed by atoms with Crippen molar-refractivity contribution in [3.05, 3.63) is 34.9 Å². The Morgan fingerprint density at radius 3 is 2.71 bits per heavy atom. The maximum Gasteiger partial charge on any atom is 0.220 e. The lowest BCUT2D eigenvalue weighted by Crippen LogP contribution is -2.46. The average Bonchev–Trinajstić information content (AvgIpc) is 2.66. The van der Waals surface area contributed by atoms with Crippen molar-refractivity contribution < 1.29 is 4.79 Å². The van der Waals surface area contributed by atoms with E-state index in [0.717, 1.165) is 56.5 Å². The zero-order valence-corrected chi connectivity index (χ0v) is 18.9. The number of nitrogens with one attached hydrogen (secondary N) is 2. The third-order valence-electron chi connectivity index (χ3n) is 5.80. The Hall–Kier alpha value is -0.520. The molecule has 2 fully saturated rings. The van der Waals surface area contributed by atoms with Gasteiger partial charge in [-0.1, -0.05) is 30.2 Å². The van der Waals surface area contributed by atoms with E-state index in [0.29, 0.717) is 12.5 Å². The number of hydrogen-bond acceptors (Lipinski definition) is 3. The number of benzene rings is 1. The van der Waals surface area contributed by atoms with Crippen LogP contribution >= 0.6 is 36.4 Å². The van der Waals surface area contributed by atoms with Crippen LogP contribution in [0.3, 0.4) is 0 Å². The molecule has 2 saturated heterocycles. The van der Waals surface area contributed by atoms with Gasteiger partial charge in [0.05, 0.1) is 0 Å². The van der Waals surface area contributed by atoms with Crippen LogP contribution < -0.4 is 10.6 Å². The van der Waals surface area contributed by atoms with Crippen LogP contribution in [0.5, 0.6) is 0 Å². The topological polar surface area (TPSA) is 44.4 Å². The Bertz CT molecular complexity index is 582. The fourth-order valence-corrected chi connectivity index (χ4v) is 4.41. The summed E-state index contributed by atoms with van der Waals surface area (Å²) in [5.74, 6) is 0.938. The third-order valence-corrected chi connectivity index (χ3v) is 6.03. The number of hydrogen-bond donors (Lipinski definition) is 2. The van der Waals surface area contributed by atoms with E-state index in [2.05, 4.69) is 21.6 Å². The molecule has 28 heavy (non-hydrogen) atoms. The standard InChI is InChI=1S/C21H32ClN3O.2ClH/c22-19-5-3-4-18(14-19)16-25-13-2-1-6-20(25)15-24-21(26)8-7-17-9-11-23-12-10-17;;/h3-5,14,17,20,23H,1-2,6-13,15-16H2,(H,24,26);2*1H. The lowest BCUT2D eigenvalue weighted by molar-refractivity contribution is -0.121. The molecule has 0 aromatic heterocycles. The quantitative estimate of drug-likeness (QED) is 0.645. The van der Waals surface area contributed by atoms with Gasteiger partial charge in [0.25, 0.3) is 0 Å². The monoisotopic (exact) mass is 449 g/mol. The van der Waals surface area contributed by atoms with Crippen molar-refractivity contribution in [1.82, 2.24) is 15.5 Å². The summed E-state index contributed by atoms with van der Waals surface area (Å²) in [6.45, 7) is 4.99. The summed E-state index contributed by atoms with van der Waals surface area (Å²) >= 11 is 6.12. The molecule has 0 radical (unpaired) electrons. The van der Waals surface area contributed by atoms with E-state index in [1.807, 2.05) is 18.2 Å². The number of carbonyl (C=O) groups excluding carboxylic acids is 1. The molecule has 1 aromatic carbocycles. The molecule has 1 atom stereocenters. The smallest absolute Gasteiger partial charge is 0.220 e. The highest BCUT2D eigenvalue weighted by Crippen LogP contribution is 2.21. The van der Waals surface area contributed by atoms with Crippen molar-refractivity contribution in [2.45, 2.75) is 57.5 Å². The fraction of sp³-hybridized carbons (Fsp3) is 0.667. The first-order chi connectivity index (χ1) is 12.7. The van der Waals surface area contributed by atoms with E-state index in [-0.39, 0.29) is 30.7 Å². The lowest BCUT2D eigenvalue weighted by Gasteiger charge is -2.36. The van der Waals surface area contributed by atoms with Gasteiger partial charge in [0, 0.05) is 30.6 Å². The van der Waals surface area contributed by atoms with Gasteiger partial charge in [-0.25, -0.2) is 0 Å². The predicted octanol–water partition coefficient (Wildman–Crippen LogP) is 4.43. The molecular formula is C21H34Cl3N3O. The van der Waals surface area contributed by atoms with Crippen molar-refractivity contribution in [3.8, 4) is 0 Å². The number of rotatable bonds is 7. The minimum Gasteiger partial charge on any atom is -0.355 e. The largest absolute Gasteiger partial charge is 0.355 e. The van der Waals surface area contributed by atoms with Crippen LogP contribution in [0.25, 0.3) is 0 Å². The molecule has 1 aromatic rings. The number of piperidine rings is 2. The molecule has 7 heteroatoms. The molecule has 0 saturated carbocycles. The van der Waals surface area contributed by atoms with Gasteiger partial charge in [-0.15, -0.1) is 24.8 Å². The van der Waals surface area contributed by atoms with Crippen LogP contribution in [0.4, 0.5) is 0 Å². The number of carbonyl (C=O) groups is 1. The lowest BCUT2D eigenvalue weighted by atomic mass is 9.93. The summed E-state index contributed by atoms with van der Waals surface area (Å²) in [4.78, 5) is 14.8. The second-order valence-electron chi connectivity index (χ2n) is 7.79. The highest BCUT2D eigenvalue weighted by atomic mass is 35.5. The molecule has 3 rings (SSSR count). The normalized spacial score (nSPS) is 20.7. The number of nitrogens with zero attached hydrogens (tertiary/aromatic N) is 1. The van der Waals surface area contributed by atoms with Gasteiger partial charge < -0.3 is 10.6 Å². The third kappa shape index (κ3) is 8.46. The minimum atomic E-state index is 0. The zero-order chi connectivity index (χ0) is 18.2. The van der Waals surface area contributed by atoms with Gasteiger partial charge in [0.1, 0.15) is 0 Å².